The molecule has 1 aromatic heterocycles. The number of aliphatic hydroxyl groups is 1. The van der Waals surface area contributed by atoms with E-state index in [4.69, 9.17) is 4.52 Å². The molecule has 0 radical (unpaired) electrons. The van der Waals surface area contributed by atoms with Crippen LogP contribution in [0.3, 0.4) is 0 Å². The Morgan fingerprint density at radius 2 is 2.06 bits per heavy atom. The fraction of sp³-hybridized carbons (Fsp3) is 0.385. The van der Waals surface area contributed by atoms with E-state index < -0.39 is 6.10 Å². The Balaban J connectivity index is 2.04. The van der Waals surface area contributed by atoms with Gasteiger partial charge in [0.25, 0.3) is 0 Å². The predicted molar refractivity (Wildman–Crippen MR) is 63.4 cm³/mol. The van der Waals surface area contributed by atoms with E-state index in [2.05, 4.69) is 10.1 Å². The summed E-state index contributed by atoms with van der Waals surface area (Å²) in [6.45, 7) is 1.97. The summed E-state index contributed by atoms with van der Waals surface area (Å²) in [5, 5.41) is 13.4. The maximum absolute atomic E-state index is 12.7. The topological polar surface area (TPSA) is 59.2 Å². The molecule has 1 heterocycles. The molecule has 0 amide bonds. The minimum Gasteiger partial charge on any atom is -0.385 e. The van der Waals surface area contributed by atoms with Gasteiger partial charge < -0.3 is 9.63 Å². The van der Waals surface area contributed by atoms with Crippen molar-refractivity contribution in [2.45, 2.75) is 32.3 Å². The van der Waals surface area contributed by atoms with Crippen molar-refractivity contribution in [1.29, 1.82) is 0 Å². The summed E-state index contributed by atoms with van der Waals surface area (Å²) in [5.41, 5.74) is 0.886. The maximum Gasteiger partial charge on any atom is 0.231 e. The largest absolute Gasteiger partial charge is 0.385 e. The van der Waals surface area contributed by atoms with Crippen LogP contribution < -0.4 is 0 Å². The second-order valence-corrected chi connectivity index (χ2v) is 4.15. The molecule has 4 nitrogen and oxygen atoms in total. The van der Waals surface area contributed by atoms with Gasteiger partial charge in [-0.25, -0.2) is 4.39 Å². The summed E-state index contributed by atoms with van der Waals surface area (Å²) in [7, 11) is 0. The van der Waals surface area contributed by atoms with Crippen LogP contribution in [0.25, 0.3) is 0 Å². The van der Waals surface area contributed by atoms with Crippen LogP contribution >= 0.6 is 0 Å². The van der Waals surface area contributed by atoms with Crippen molar-refractivity contribution in [3.8, 4) is 0 Å². The molecule has 1 N–H and O–H groups in total. The van der Waals surface area contributed by atoms with Crippen molar-refractivity contribution >= 4 is 0 Å². The highest BCUT2D eigenvalue weighted by molar-refractivity contribution is 5.19. The van der Waals surface area contributed by atoms with Gasteiger partial charge in [-0.15, -0.1) is 0 Å². The second kappa shape index (κ2) is 5.73. The molecule has 0 saturated heterocycles. The van der Waals surface area contributed by atoms with Crippen LogP contribution in [-0.4, -0.2) is 15.2 Å². The molecule has 0 spiro atoms. The highest BCUT2D eigenvalue weighted by Crippen LogP contribution is 2.16. The summed E-state index contributed by atoms with van der Waals surface area (Å²) in [6, 6.07) is 6.11. The zero-order chi connectivity index (χ0) is 13.0. The Hall–Kier alpha value is -1.75. The van der Waals surface area contributed by atoms with Crippen LogP contribution in [0.4, 0.5) is 4.39 Å². The van der Waals surface area contributed by atoms with Gasteiger partial charge in [-0.3, -0.25) is 0 Å². The molecule has 0 bridgehead atoms. The van der Waals surface area contributed by atoms with E-state index >= 15 is 0 Å². The van der Waals surface area contributed by atoms with Crippen molar-refractivity contribution in [1.82, 2.24) is 10.1 Å². The lowest BCUT2D eigenvalue weighted by molar-refractivity contribution is 0.153. The number of aliphatic hydroxyl groups excluding tert-OH is 1. The van der Waals surface area contributed by atoms with Crippen LogP contribution in [-0.2, 0) is 6.42 Å². The number of aromatic nitrogens is 2. The Morgan fingerprint density at radius 3 is 2.72 bits per heavy atom. The lowest BCUT2D eigenvalue weighted by Gasteiger charge is -2.01. The fourth-order valence-electron chi connectivity index (χ4n) is 1.65. The van der Waals surface area contributed by atoms with Gasteiger partial charge in [0, 0.05) is 0 Å². The quantitative estimate of drug-likeness (QED) is 0.886. The molecule has 0 aliphatic carbocycles. The number of nitrogens with zero attached hydrogens (tertiary/aromatic N) is 2. The van der Waals surface area contributed by atoms with E-state index in [1.807, 2.05) is 6.92 Å². The molecule has 5 heteroatoms. The molecule has 0 saturated carbocycles. The van der Waals surface area contributed by atoms with Crippen LogP contribution in [0.15, 0.2) is 28.8 Å². The third kappa shape index (κ3) is 3.13. The van der Waals surface area contributed by atoms with Gasteiger partial charge in [0.1, 0.15) is 11.9 Å². The number of hydrogen-bond donors (Lipinski definition) is 1. The summed E-state index contributed by atoms with van der Waals surface area (Å²) < 4.78 is 17.8. The Kier molecular flexibility index (Phi) is 4.04. The summed E-state index contributed by atoms with van der Waals surface area (Å²) in [5.74, 6) is 0.462. The molecule has 1 aromatic carbocycles. The first-order chi connectivity index (χ1) is 8.69. The summed E-state index contributed by atoms with van der Waals surface area (Å²) in [6.07, 6.45) is 1.21. The molecule has 0 aliphatic rings. The molecule has 1 unspecified atom stereocenters. The van der Waals surface area contributed by atoms with E-state index in [1.54, 1.807) is 12.1 Å². The molecule has 1 atom stereocenters. The molecule has 2 aromatic rings. The van der Waals surface area contributed by atoms with Crippen LogP contribution in [0.2, 0.25) is 0 Å². The van der Waals surface area contributed by atoms with Gasteiger partial charge in [0.05, 0.1) is 6.42 Å². The maximum atomic E-state index is 12.7. The smallest absolute Gasteiger partial charge is 0.231 e. The van der Waals surface area contributed by atoms with Crippen molar-refractivity contribution in [3.05, 3.63) is 47.4 Å². The Morgan fingerprint density at radius 1 is 1.33 bits per heavy atom. The van der Waals surface area contributed by atoms with Crippen LogP contribution in [0.5, 0.6) is 0 Å². The average molecular weight is 250 g/mol. The summed E-state index contributed by atoms with van der Waals surface area (Å²) in [4.78, 5) is 4.12. The standard InChI is InChI=1S/C13H15FN2O2/c1-2-3-11(17)13-15-12(18-16-13)8-9-4-6-10(14)7-5-9/h4-7,11,17H,2-3,8H2,1H3. The van der Waals surface area contributed by atoms with Crippen molar-refractivity contribution in [3.63, 3.8) is 0 Å². The highest BCUT2D eigenvalue weighted by atomic mass is 19.1. The van der Waals surface area contributed by atoms with Gasteiger partial charge in [-0.1, -0.05) is 30.6 Å². The first kappa shape index (κ1) is 12.7. The zero-order valence-corrected chi connectivity index (χ0v) is 10.1. The zero-order valence-electron chi connectivity index (χ0n) is 10.1. The van der Waals surface area contributed by atoms with Gasteiger partial charge in [0.15, 0.2) is 5.82 Å². The third-order valence-electron chi connectivity index (χ3n) is 2.61. The minimum absolute atomic E-state index is 0.275. The Bertz CT molecular complexity index is 496. The first-order valence-corrected chi connectivity index (χ1v) is 5.94. The lowest BCUT2D eigenvalue weighted by atomic mass is 10.1. The highest BCUT2D eigenvalue weighted by Gasteiger charge is 2.14. The van der Waals surface area contributed by atoms with Gasteiger partial charge >= 0.3 is 0 Å². The van der Waals surface area contributed by atoms with Gasteiger partial charge in [-0.2, -0.15) is 4.98 Å². The van der Waals surface area contributed by atoms with Crippen molar-refractivity contribution in [2.24, 2.45) is 0 Å². The number of benzene rings is 1. The first-order valence-electron chi connectivity index (χ1n) is 5.94. The number of halogens is 1. The van der Waals surface area contributed by atoms with Gasteiger partial charge in [0.2, 0.25) is 5.89 Å². The van der Waals surface area contributed by atoms with Crippen LogP contribution in [0.1, 0.15) is 43.1 Å². The molecule has 0 aliphatic heterocycles. The lowest BCUT2D eigenvalue weighted by Crippen LogP contribution is -1.99. The molecule has 0 fully saturated rings. The SMILES string of the molecule is CCCC(O)c1noc(Cc2ccc(F)cc2)n1. The molecular weight excluding hydrogens is 235 g/mol. The molecule has 18 heavy (non-hydrogen) atoms. The van der Waals surface area contributed by atoms with E-state index in [0.717, 1.165) is 12.0 Å². The molecule has 2 rings (SSSR count). The average Bonchev–Trinajstić information content (AvgIpc) is 2.81. The predicted octanol–water partition coefficient (Wildman–Crippen LogP) is 2.63. The second-order valence-electron chi connectivity index (χ2n) is 4.15. The minimum atomic E-state index is -0.680. The summed E-state index contributed by atoms with van der Waals surface area (Å²) >= 11 is 0. The van der Waals surface area contributed by atoms with Crippen molar-refractivity contribution in [2.75, 3.05) is 0 Å². The van der Waals surface area contributed by atoms with E-state index in [0.29, 0.717) is 24.6 Å². The number of hydrogen-bond acceptors (Lipinski definition) is 4. The normalized spacial score (nSPS) is 12.6. The molecular formula is C13H15FN2O2. The van der Waals surface area contributed by atoms with Gasteiger partial charge in [-0.05, 0) is 24.1 Å². The van der Waals surface area contributed by atoms with E-state index in [1.165, 1.54) is 12.1 Å². The molecule has 96 valence electrons. The fourth-order valence-corrected chi connectivity index (χ4v) is 1.65. The van der Waals surface area contributed by atoms with Crippen LogP contribution in [0, 0.1) is 5.82 Å². The van der Waals surface area contributed by atoms with E-state index in [-0.39, 0.29) is 5.82 Å². The third-order valence-corrected chi connectivity index (χ3v) is 2.61. The van der Waals surface area contributed by atoms with E-state index in [9.17, 15) is 9.50 Å². The Labute approximate surface area is 104 Å². The number of rotatable bonds is 5. The monoisotopic (exact) mass is 250 g/mol. The van der Waals surface area contributed by atoms with Crippen molar-refractivity contribution < 1.29 is 14.0 Å².